The molecule has 3 heteroatoms. The van der Waals surface area contributed by atoms with Crippen LogP contribution in [0.4, 0.5) is 0 Å². The van der Waals surface area contributed by atoms with E-state index in [1.807, 2.05) is 24.3 Å². The predicted molar refractivity (Wildman–Crippen MR) is 65.4 cm³/mol. The summed E-state index contributed by atoms with van der Waals surface area (Å²) in [6, 6.07) is 7.62. The van der Waals surface area contributed by atoms with Crippen molar-refractivity contribution in [1.82, 2.24) is 0 Å². The van der Waals surface area contributed by atoms with Crippen LogP contribution in [-0.4, -0.2) is 17.0 Å². The van der Waals surface area contributed by atoms with E-state index < -0.39 is 0 Å². The minimum atomic E-state index is 0.252. The van der Waals surface area contributed by atoms with E-state index in [2.05, 4.69) is 19.0 Å². The van der Waals surface area contributed by atoms with Crippen molar-refractivity contribution in [3.05, 3.63) is 29.8 Å². The molecule has 0 aliphatic heterocycles. The molecule has 0 aliphatic rings. The van der Waals surface area contributed by atoms with Gasteiger partial charge in [0.25, 0.3) is 0 Å². The normalized spacial score (nSPS) is 11.9. The summed E-state index contributed by atoms with van der Waals surface area (Å²) < 4.78 is 5.81. The van der Waals surface area contributed by atoms with E-state index in [9.17, 15) is 0 Å². The van der Waals surface area contributed by atoms with Crippen LogP contribution < -0.4 is 4.74 Å². The first-order valence-corrected chi connectivity index (χ1v) is 5.67. The average Bonchev–Trinajstić information content (AvgIpc) is 2.35. The summed E-state index contributed by atoms with van der Waals surface area (Å²) in [5, 5.41) is 11.9. The smallest absolute Gasteiger partial charge is 0.120 e. The first kappa shape index (κ1) is 12.6. The maximum atomic E-state index is 8.70. The molecule has 16 heavy (non-hydrogen) atoms. The van der Waals surface area contributed by atoms with Crippen LogP contribution in [0.3, 0.4) is 0 Å². The van der Waals surface area contributed by atoms with Crippen LogP contribution in [0.5, 0.6) is 5.75 Å². The Morgan fingerprint density at radius 3 is 2.62 bits per heavy atom. The van der Waals surface area contributed by atoms with E-state index in [0.717, 1.165) is 24.2 Å². The summed E-state index contributed by atoms with van der Waals surface area (Å²) in [6.07, 6.45) is 2.24. The number of oxime groups is 1. The van der Waals surface area contributed by atoms with Crippen LogP contribution in [0, 0.1) is 0 Å². The highest BCUT2D eigenvalue weighted by molar-refractivity contribution is 5.98. The van der Waals surface area contributed by atoms with Gasteiger partial charge in [-0.1, -0.05) is 31.1 Å². The second-order valence-corrected chi connectivity index (χ2v) is 3.77. The Kier molecular flexibility index (Phi) is 4.83. The Morgan fingerprint density at radius 1 is 1.38 bits per heavy atom. The molecule has 0 radical (unpaired) electrons. The third-order valence-electron chi connectivity index (χ3n) is 2.62. The Morgan fingerprint density at radius 2 is 2.06 bits per heavy atom. The van der Waals surface area contributed by atoms with E-state index in [1.54, 1.807) is 6.92 Å². The largest absolute Gasteiger partial charge is 0.490 e. The van der Waals surface area contributed by atoms with Crippen molar-refractivity contribution in [3.63, 3.8) is 0 Å². The van der Waals surface area contributed by atoms with Gasteiger partial charge in [-0.2, -0.15) is 0 Å². The van der Waals surface area contributed by atoms with Gasteiger partial charge in [0.1, 0.15) is 5.75 Å². The number of ether oxygens (including phenoxy) is 1. The molecular weight excluding hydrogens is 202 g/mol. The minimum absolute atomic E-state index is 0.252. The zero-order chi connectivity index (χ0) is 12.0. The van der Waals surface area contributed by atoms with Gasteiger partial charge in [0.05, 0.1) is 11.8 Å². The fraction of sp³-hybridized carbons (Fsp3) is 0.462. The maximum absolute atomic E-state index is 8.70. The van der Waals surface area contributed by atoms with E-state index in [-0.39, 0.29) is 6.10 Å². The molecule has 0 aliphatic carbocycles. The lowest BCUT2D eigenvalue weighted by Gasteiger charge is -2.16. The highest BCUT2D eigenvalue weighted by Crippen LogP contribution is 2.17. The third-order valence-corrected chi connectivity index (χ3v) is 2.62. The Hall–Kier alpha value is -1.51. The quantitative estimate of drug-likeness (QED) is 0.470. The minimum Gasteiger partial charge on any atom is -0.490 e. The van der Waals surface area contributed by atoms with Crippen LogP contribution in [0.1, 0.15) is 39.2 Å². The SMILES string of the molecule is CCC(CC)Oc1cccc(C(C)=NO)c1. The molecule has 0 fully saturated rings. The summed E-state index contributed by atoms with van der Waals surface area (Å²) >= 11 is 0. The molecule has 1 N–H and O–H groups in total. The van der Waals surface area contributed by atoms with Crippen molar-refractivity contribution in [1.29, 1.82) is 0 Å². The molecule has 0 aromatic heterocycles. The lowest BCUT2D eigenvalue weighted by molar-refractivity contribution is 0.193. The fourth-order valence-electron chi connectivity index (χ4n) is 1.50. The summed E-state index contributed by atoms with van der Waals surface area (Å²) in [5.74, 6) is 0.828. The van der Waals surface area contributed by atoms with Crippen molar-refractivity contribution in [2.24, 2.45) is 5.16 Å². The highest BCUT2D eigenvalue weighted by atomic mass is 16.5. The Balaban J connectivity index is 2.82. The molecule has 0 bridgehead atoms. The topological polar surface area (TPSA) is 41.8 Å². The van der Waals surface area contributed by atoms with Crippen molar-refractivity contribution in [2.75, 3.05) is 0 Å². The van der Waals surface area contributed by atoms with Gasteiger partial charge in [-0.25, -0.2) is 0 Å². The third kappa shape index (κ3) is 3.26. The highest BCUT2D eigenvalue weighted by Gasteiger charge is 2.06. The summed E-state index contributed by atoms with van der Waals surface area (Å²) in [5.41, 5.74) is 1.47. The van der Waals surface area contributed by atoms with Gasteiger partial charge >= 0.3 is 0 Å². The molecule has 0 atom stereocenters. The van der Waals surface area contributed by atoms with Crippen LogP contribution in [0.15, 0.2) is 29.4 Å². The first-order valence-electron chi connectivity index (χ1n) is 5.67. The van der Waals surface area contributed by atoms with Crippen LogP contribution in [0.2, 0.25) is 0 Å². The van der Waals surface area contributed by atoms with Crippen molar-refractivity contribution < 1.29 is 9.94 Å². The standard InChI is InChI=1S/C13H19NO2/c1-4-12(5-2)16-13-8-6-7-11(9-13)10(3)14-15/h6-9,12,15H,4-5H2,1-3H3. The molecule has 0 heterocycles. The van der Waals surface area contributed by atoms with Crippen LogP contribution >= 0.6 is 0 Å². The number of benzene rings is 1. The van der Waals surface area contributed by atoms with Gasteiger partial charge in [0.2, 0.25) is 0 Å². The molecule has 3 nitrogen and oxygen atoms in total. The van der Waals surface area contributed by atoms with Crippen LogP contribution in [-0.2, 0) is 0 Å². The second-order valence-electron chi connectivity index (χ2n) is 3.77. The summed E-state index contributed by atoms with van der Waals surface area (Å²) in [6.45, 7) is 5.98. The van der Waals surface area contributed by atoms with Crippen molar-refractivity contribution in [3.8, 4) is 5.75 Å². The zero-order valence-corrected chi connectivity index (χ0v) is 10.1. The molecular formula is C13H19NO2. The Labute approximate surface area is 96.7 Å². The molecule has 1 rings (SSSR count). The molecule has 0 saturated carbocycles. The van der Waals surface area contributed by atoms with Gasteiger partial charge in [-0.15, -0.1) is 0 Å². The number of nitrogens with zero attached hydrogens (tertiary/aromatic N) is 1. The summed E-state index contributed by atoms with van der Waals surface area (Å²) in [4.78, 5) is 0. The van der Waals surface area contributed by atoms with Gasteiger partial charge in [0.15, 0.2) is 0 Å². The molecule has 0 saturated heterocycles. The number of hydrogen-bond donors (Lipinski definition) is 1. The molecule has 1 aromatic carbocycles. The fourth-order valence-corrected chi connectivity index (χ4v) is 1.50. The molecule has 1 aromatic rings. The van der Waals surface area contributed by atoms with Crippen molar-refractivity contribution >= 4 is 5.71 Å². The van der Waals surface area contributed by atoms with E-state index in [0.29, 0.717) is 5.71 Å². The van der Waals surface area contributed by atoms with E-state index in [1.165, 1.54) is 0 Å². The van der Waals surface area contributed by atoms with E-state index in [4.69, 9.17) is 9.94 Å². The lowest BCUT2D eigenvalue weighted by Crippen LogP contribution is -2.13. The zero-order valence-electron chi connectivity index (χ0n) is 10.1. The lowest BCUT2D eigenvalue weighted by atomic mass is 10.1. The molecule has 88 valence electrons. The van der Waals surface area contributed by atoms with Gasteiger partial charge < -0.3 is 9.94 Å². The van der Waals surface area contributed by atoms with E-state index >= 15 is 0 Å². The average molecular weight is 221 g/mol. The first-order chi connectivity index (χ1) is 7.71. The Bertz CT molecular complexity index is 357. The van der Waals surface area contributed by atoms with Crippen molar-refractivity contribution in [2.45, 2.75) is 39.7 Å². The summed E-state index contributed by atoms with van der Waals surface area (Å²) in [7, 11) is 0. The van der Waals surface area contributed by atoms with Gasteiger partial charge in [-0.3, -0.25) is 0 Å². The monoisotopic (exact) mass is 221 g/mol. The van der Waals surface area contributed by atoms with Gasteiger partial charge in [0, 0.05) is 5.56 Å². The number of hydrogen-bond acceptors (Lipinski definition) is 3. The van der Waals surface area contributed by atoms with Crippen LogP contribution in [0.25, 0.3) is 0 Å². The predicted octanol–water partition coefficient (Wildman–Crippen LogP) is 3.45. The second kappa shape index (κ2) is 6.16. The molecule has 0 amide bonds. The number of rotatable bonds is 5. The maximum Gasteiger partial charge on any atom is 0.120 e. The molecule has 0 unspecified atom stereocenters. The van der Waals surface area contributed by atoms with Gasteiger partial charge in [-0.05, 0) is 31.9 Å². The molecule has 0 spiro atoms.